The molecule has 1 atom stereocenters. The van der Waals surface area contributed by atoms with Gasteiger partial charge in [0.1, 0.15) is 0 Å². The van der Waals surface area contributed by atoms with E-state index in [9.17, 15) is 13.2 Å². The minimum absolute atomic E-state index is 0.206. The Morgan fingerprint density at radius 3 is 2.38 bits per heavy atom. The Hall–Kier alpha value is -1.40. The van der Waals surface area contributed by atoms with Crippen molar-refractivity contribution in [3.05, 3.63) is 29.8 Å². The van der Waals surface area contributed by atoms with Crippen molar-refractivity contribution in [2.24, 2.45) is 0 Å². The van der Waals surface area contributed by atoms with E-state index in [-0.39, 0.29) is 10.8 Å². The Labute approximate surface area is 145 Å². The number of rotatable bonds is 7. The second-order valence-corrected chi connectivity index (χ2v) is 8.25. The highest BCUT2D eigenvalue weighted by atomic mass is 32.2. The van der Waals surface area contributed by atoms with E-state index < -0.39 is 16.1 Å². The molecule has 6 heteroatoms. The molecule has 1 fully saturated rings. The van der Waals surface area contributed by atoms with E-state index >= 15 is 0 Å². The second-order valence-electron chi connectivity index (χ2n) is 6.54. The molecule has 0 radical (unpaired) electrons. The predicted molar refractivity (Wildman–Crippen MR) is 95.4 cm³/mol. The fourth-order valence-corrected chi connectivity index (χ4v) is 4.31. The zero-order valence-corrected chi connectivity index (χ0v) is 15.4. The first-order valence-corrected chi connectivity index (χ1v) is 10.3. The summed E-state index contributed by atoms with van der Waals surface area (Å²) >= 11 is 0. The second kappa shape index (κ2) is 8.62. The highest BCUT2D eigenvalue weighted by molar-refractivity contribution is 7.89. The van der Waals surface area contributed by atoms with Gasteiger partial charge in [-0.25, -0.2) is 8.42 Å². The number of carbonyl (C=O) groups is 1. The first kappa shape index (κ1) is 18.9. The van der Waals surface area contributed by atoms with Crippen LogP contribution in [0.4, 0.5) is 0 Å². The highest BCUT2D eigenvalue weighted by Gasteiger charge is 2.22. The van der Waals surface area contributed by atoms with Crippen LogP contribution in [0.5, 0.6) is 0 Å². The molecule has 2 rings (SSSR count). The standard InChI is InChI=1S/C18H28N2O3S/c1-3-13-19-18(21)14(2)20-24(22,23)17-11-9-16(10-12-17)15-7-5-4-6-8-15/h9-12,14-15,20H,3-8,13H2,1-2H3,(H,19,21)/t14-/m0/s1. The van der Waals surface area contributed by atoms with E-state index in [4.69, 9.17) is 0 Å². The summed E-state index contributed by atoms with van der Waals surface area (Å²) in [6, 6.07) is 6.31. The summed E-state index contributed by atoms with van der Waals surface area (Å²) in [6.07, 6.45) is 6.96. The predicted octanol–water partition coefficient (Wildman–Crippen LogP) is 2.93. The number of amides is 1. The normalized spacial score (nSPS) is 17.4. The van der Waals surface area contributed by atoms with Crippen molar-refractivity contribution in [3.63, 3.8) is 0 Å². The SMILES string of the molecule is CCCNC(=O)[C@H](C)NS(=O)(=O)c1ccc(C2CCCCC2)cc1. The quantitative estimate of drug-likeness (QED) is 0.792. The Morgan fingerprint density at radius 2 is 1.79 bits per heavy atom. The first-order valence-electron chi connectivity index (χ1n) is 8.84. The van der Waals surface area contributed by atoms with Crippen LogP contribution < -0.4 is 10.0 Å². The largest absolute Gasteiger partial charge is 0.355 e. The lowest BCUT2D eigenvalue weighted by atomic mass is 9.84. The minimum atomic E-state index is -3.69. The van der Waals surface area contributed by atoms with Gasteiger partial charge in [-0.15, -0.1) is 0 Å². The minimum Gasteiger partial charge on any atom is -0.355 e. The molecular formula is C18H28N2O3S. The highest BCUT2D eigenvalue weighted by Crippen LogP contribution is 2.32. The van der Waals surface area contributed by atoms with E-state index in [1.54, 1.807) is 19.1 Å². The van der Waals surface area contributed by atoms with Crippen LogP contribution in [0.25, 0.3) is 0 Å². The molecule has 0 bridgehead atoms. The number of hydrogen-bond donors (Lipinski definition) is 2. The van der Waals surface area contributed by atoms with Crippen LogP contribution in [0.15, 0.2) is 29.2 Å². The fourth-order valence-electron chi connectivity index (χ4n) is 3.11. The van der Waals surface area contributed by atoms with Gasteiger partial charge in [0.2, 0.25) is 15.9 Å². The topological polar surface area (TPSA) is 75.3 Å². The molecule has 0 aliphatic heterocycles. The lowest BCUT2D eigenvalue weighted by Gasteiger charge is -2.22. The summed E-state index contributed by atoms with van der Waals surface area (Å²) in [6.45, 7) is 4.04. The Bertz CT molecular complexity index is 635. The van der Waals surface area contributed by atoms with E-state index in [2.05, 4.69) is 10.0 Å². The molecule has 2 N–H and O–H groups in total. The maximum Gasteiger partial charge on any atom is 0.241 e. The van der Waals surface area contributed by atoms with Crippen molar-refractivity contribution in [2.45, 2.75) is 69.2 Å². The molecular weight excluding hydrogens is 324 g/mol. The van der Waals surface area contributed by atoms with Crippen molar-refractivity contribution in [1.82, 2.24) is 10.0 Å². The van der Waals surface area contributed by atoms with Gasteiger partial charge in [-0.3, -0.25) is 4.79 Å². The molecule has 1 aromatic carbocycles. The molecule has 1 amide bonds. The van der Waals surface area contributed by atoms with Gasteiger partial charge in [-0.1, -0.05) is 38.3 Å². The molecule has 0 unspecified atom stereocenters. The number of carbonyl (C=O) groups excluding carboxylic acids is 1. The molecule has 0 heterocycles. The monoisotopic (exact) mass is 352 g/mol. The molecule has 1 aliphatic rings. The van der Waals surface area contributed by atoms with E-state index in [0.29, 0.717) is 12.5 Å². The molecule has 24 heavy (non-hydrogen) atoms. The van der Waals surface area contributed by atoms with Gasteiger partial charge in [-0.05, 0) is 49.8 Å². The zero-order chi connectivity index (χ0) is 17.6. The van der Waals surface area contributed by atoms with E-state index in [0.717, 1.165) is 6.42 Å². The number of benzene rings is 1. The summed E-state index contributed by atoms with van der Waals surface area (Å²) in [5.41, 5.74) is 1.21. The molecule has 1 aromatic rings. The van der Waals surface area contributed by atoms with Gasteiger partial charge in [0.15, 0.2) is 0 Å². The number of nitrogens with one attached hydrogen (secondary N) is 2. The Morgan fingerprint density at radius 1 is 1.17 bits per heavy atom. The molecule has 1 saturated carbocycles. The van der Waals surface area contributed by atoms with Gasteiger partial charge >= 0.3 is 0 Å². The van der Waals surface area contributed by atoms with E-state index in [1.807, 2.05) is 19.1 Å². The summed E-state index contributed by atoms with van der Waals surface area (Å²) < 4.78 is 27.3. The van der Waals surface area contributed by atoms with Crippen LogP contribution in [0.3, 0.4) is 0 Å². The molecule has 0 saturated heterocycles. The lowest BCUT2D eigenvalue weighted by Crippen LogP contribution is -2.44. The van der Waals surface area contributed by atoms with Crippen LogP contribution in [0.2, 0.25) is 0 Å². The van der Waals surface area contributed by atoms with Crippen LogP contribution in [-0.2, 0) is 14.8 Å². The zero-order valence-electron chi connectivity index (χ0n) is 14.5. The molecule has 134 valence electrons. The van der Waals surface area contributed by atoms with Gasteiger partial charge in [0.05, 0.1) is 10.9 Å². The van der Waals surface area contributed by atoms with Crippen molar-refractivity contribution in [3.8, 4) is 0 Å². The number of hydrogen-bond acceptors (Lipinski definition) is 3. The van der Waals surface area contributed by atoms with Gasteiger partial charge in [-0.2, -0.15) is 4.72 Å². The van der Waals surface area contributed by atoms with Crippen molar-refractivity contribution in [1.29, 1.82) is 0 Å². The summed E-state index contributed by atoms with van der Waals surface area (Å²) in [4.78, 5) is 12.0. The van der Waals surface area contributed by atoms with Crippen LogP contribution >= 0.6 is 0 Å². The molecule has 1 aliphatic carbocycles. The fraction of sp³-hybridized carbons (Fsp3) is 0.611. The van der Waals surface area contributed by atoms with Gasteiger partial charge in [0.25, 0.3) is 0 Å². The average molecular weight is 353 g/mol. The van der Waals surface area contributed by atoms with Crippen LogP contribution in [0.1, 0.15) is 63.9 Å². The Kier molecular flexibility index (Phi) is 6.80. The van der Waals surface area contributed by atoms with Gasteiger partial charge < -0.3 is 5.32 Å². The van der Waals surface area contributed by atoms with Crippen molar-refractivity contribution < 1.29 is 13.2 Å². The van der Waals surface area contributed by atoms with Crippen molar-refractivity contribution >= 4 is 15.9 Å². The molecule has 0 spiro atoms. The third kappa shape index (κ3) is 5.05. The van der Waals surface area contributed by atoms with Crippen molar-refractivity contribution in [2.75, 3.05) is 6.54 Å². The third-order valence-electron chi connectivity index (χ3n) is 4.54. The summed E-state index contributed by atoms with van der Waals surface area (Å²) in [5.74, 6) is 0.237. The number of sulfonamides is 1. The smallest absolute Gasteiger partial charge is 0.241 e. The van der Waals surface area contributed by atoms with Gasteiger partial charge in [0, 0.05) is 6.54 Å². The summed E-state index contributed by atoms with van der Waals surface area (Å²) in [7, 11) is -3.69. The van der Waals surface area contributed by atoms with Crippen LogP contribution in [-0.4, -0.2) is 26.9 Å². The first-order chi connectivity index (χ1) is 11.4. The van der Waals surface area contributed by atoms with E-state index in [1.165, 1.54) is 37.7 Å². The van der Waals surface area contributed by atoms with Crippen LogP contribution in [0, 0.1) is 0 Å². The third-order valence-corrected chi connectivity index (χ3v) is 6.10. The maximum absolute atomic E-state index is 12.4. The average Bonchev–Trinajstić information content (AvgIpc) is 2.60. The molecule has 5 nitrogen and oxygen atoms in total. The lowest BCUT2D eigenvalue weighted by molar-refractivity contribution is -0.122. The Balaban J connectivity index is 2.02. The molecule has 0 aromatic heterocycles. The maximum atomic E-state index is 12.4. The summed E-state index contributed by atoms with van der Waals surface area (Å²) in [5, 5.41) is 2.69.